The number of thiazole rings is 1. The lowest BCUT2D eigenvalue weighted by Gasteiger charge is -2.43. The number of aromatic nitrogens is 1. The minimum Gasteiger partial charge on any atom is -0.493 e. The molecule has 242 valence electrons. The van der Waals surface area contributed by atoms with Crippen molar-refractivity contribution >= 4 is 40.6 Å². The van der Waals surface area contributed by atoms with Gasteiger partial charge in [0.1, 0.15) is 6.61 Å². The van der Waals surface area contributed by atoms with E-state index in [1.54, 1.807) is 7.11 Å². The number of nitrogens with one attached hydrogen (secondary N) is 1. The van der Waals surface area contributed by atoms with E-state index in [0.717, 1.165) is 48.9 Å². The van der Waals surface area contributed by atoms with Crippen LogP contribution in [-0.2, 0) is 22.4 Å². The molecule has 7 atom stereocenters. The number of rotatable bonds is 6. The highest BCUT2D eigenvalue weighted by atomic mass is 32.2. The topological polar surface area (TPSA) is 88.7 Å². The molecule has 2 amide bonds. The van der Waals surface area contributed by atoms with Crippen molar-refractivity contribution in [1.82, 2.24) is 4.98 Å². The molecule has 0 unspecified atom stereocenters. The Kier molecular flexibility index (Phi) is 7.10. The number of amides is 2. The summed E-state index contributed by atoms with van der Waals surface area (Å²) in [5, 5.41) is 0.632. The summed E-state index contributed by atoms with van der Waals surface area (Å²) in [5.74, 6) is -2.37. The largest absolute Gasteiger partial charge is 0.493 e. The molecule has 4 aromatic rings. The molecule has 1 saturated heterocycles. The van der Waals surface area contributed by atoms with E-state index in [9.17, 15) is 27.6 Å². The van der Waals surface area contributed by atoms with E-state index in [1.807, 2.05) is 49.4 Å². The third-order valence-electron chi connectivity index (χ3n) is 10.2. The van der Waals surface area contributed by atoms with E-state index in [0.29, 0.717) is 24.5 Å². The number of alkyl halides is 3. The van der Waals surface area contributed by atoms with Gasteiger partial charge in [-0.15, -0.1) is 11.8 Å². The zero-order valence-corrected chi connectivity index (χ0v) is 26.9. The van der Waals surface area contributed by atoms with Crippen LogP contribution in [-0.4, -0.2) is 29.2 Å². The molecule has 3 aromatic carbocycles. The third-order valence-corrected chi connectivity index (χ3v) is 12.8. The number of fused-ring (bicyclic) bond motifs is 9. The molecule has 3 heterocycles. The Balaban J connectivity index is 1.15. The number of thioether (sulfide) groups is 1. The number of benzene rings is 3. The van der Waals surface area contributed by atoms with Gasteiger partial charge in [0.2, 0.25) is 11.8 Å². The molecule has 2 bridgehead atoms. The van der Waals surface area contributed by atoms with E-state index in [1.165, 1.54) is 30.0 Å². The van der Waals surface area contributed by atoms with Crippen LogP contribution in [0.5, 0.6) is 11.5 Å². The van der Waals surface area contributed by atoms with Crippen LogP contribution >= 0.6 is 23.1 Å². The van der Waals surface area contributed by atoms with Crippen LogP contribution in [0.1, 0.15) is 39.5 Å². The minimum absolute atomic E-state index is 0.109. The van der Waals surface area contributed by atoms with Crippen molar-refractivity contribution in [2.45, 2.75) is 42.3 Å². The van der Waals surface area contributed by atoms with Gasteiger partial charge < -0.3 is 14.5 Å². The van der Waals surface area contributed by atoms with Crippen LogP contribution in [0, 0.1) is 36.5 Å². The number of nitrogens with zero attached hydrogens (tertiary/aromatic N) is 1. The van der Waals surface area contributed by atoms with E-state index in [2.05, 4.69) is 4.98 Å². The van der Waals surface area contributed by atoms with Crippen molar-refractivity contribution in [3.05, 3.63) is 104 Å². The van der Waals surface area contributed by atoms with Crippen LogP contribution in [0.15, 0.2) is 76.6 Å². The monoisotopic (exact) mass is 678 g/mol. The SMILES string of the molecule is COc1cc([C@@H]2c3sc(=O)[nH]c3S[C@@H]3[C@@H]4C[C@@H]([C@@H]5C(=O)N(c6ccccc6C(F)(F)F)C(=O)[C@@H]45)[C@@H]23)ccc1OCc1ccc(C)cc1. The molecule has 2 aliphatic carbocycles. The molecular weight excluding hydrogens is 650 g/mol. The minimum atomic E-state index is -4.72. The summed E-state index contributed by atoms with van der Waals surface area (Å²) < 4.78 is 53.8. The first-order chi connectivity index (χ1) is 22.5. The maximum Gasteiger partial charge on any atom is 0.418 e. The predicted octanol–water partition coefficient (Wildman–Crippen LogP) is 7.03. The van der Waals surface area contributed by atoms with Gasteiger partial charge in [-0.25, -0.2) is 4.90 Å². The zero-order valence-electron chi connectivity index (χ0n) is 25.2. The van der Waals surface area contributed by atoms with Gasteiger partial charge in [0, 0.05) is 16.0 Å². The Bertz CT molecular complexity index is 1970. The standard InChI is InChI=1S/C35H29F3N2O5S2/c1-16-7-9-17(10-8-16)15-45-23-12-11-18(13-24(23)44-2)25-26-19-14-20(29(26)46-31-30(25)47-34(43)39-31)28-27(19)32(41)40(33(28)42)22-6-4-3-5-21(22)35(36,37)38/h3-13,19-20,25-29H,14-15H2,1-2H3,(H,39,43)/t19-,20-,25+,26+,27+,28+,29-/m1/s1. The Hall–Kier alpha value is -4.03. The summed E-state index contributed by atoms with van der Waals surface area (Å²) in [6, 6.07) is 18.5. The summed E-state index contributed by atoms with van der Waals surface area (Å²) in [6.45, 7) is 2.37. The molecule has 47 heavy (non-hydrogen) atoms. The lowest BCUT2D eigenvalue weighted by molar-refractivity contribution is -0.137. The number of ether oxygens (including phenoxy) is 2. The van der Waals surface area contributed by atoms with E-state index in [-0.39, 0.29) is 33.8 Å². The highest BCUT2D eigenvalue weighted by molar-refractivity contribution is 8.00. The average Bonchev–Trinajstić information content (AvgIpc) is 3.79. The number of hydrogen-bond acceptors (Lipinski definition) is 7. The summed E-state index contributed by atoms with van der Waals surface area (Å²) in [5.41, 5.74) is 1.63. The fraction of sp³-hybridized carbons (Fsp3) is 0.343. The maximum absolute atomic E-state index is 14.0. The predicted molar refractivity (Wildman–Crippen MR) is 171 cm³/mol. The van der Waals surface area contributed by atoms with Crippen LogP contribution in [0.2, 0.25) is 0 Å². The Labute approximate surface area is 276 Å². The first kappa shape index (κ1) is 30.3. The van der Waals surface area contributed by atoms with Gasteiger partial charge in [0.25, 0.3) is 0 Å². The normalized spacial score (nSPS) is 27.5. The molecule has 0 radical (unpaired) electrons. The Morgan fingerprint density at radius 2 is 1.66 bits per heavy atom. The van der Waals surface area contributed by atoms with Gasteiger partial charge in [-0.1, -0.05) is 59.4 Å². The summed E-state index contributed by atoms with van der Waals surface area (Å²) in [4.78, 5) is 45.0. The number of aromatic amines is 1. The van der Waals surface area contributed by atoms with Crippen molar-refractivity contribution in [2.75, 3.05) is 12.0 Å². The van der Waals surface area contributed by atoms with Gasteiger partial charge in [-0.3, -0.25) is 14.4 Å². The van der Waals surface area contributed by atoms with E-state index >= 15 is 0 Å². The number of aryl methyl sites for hydroxylation is 1. The Morgan fingerprint density at radius 1 is 0.936 bits per heavy atom. The molecule has 2 saturated carbocycles. The number of methoxy groups -OCH3 is 1. The van der Waals surface area contributed by atoms with Gasteiger partial charge in [-0.05, 0) is 66.5 Å². The first-order valence-electron chi connectivity index (χ1n) is 15.3. The smallest absolute Gasteiger partial charge is 0.418 e. The van der Waals surface area contributed by atoms with Crippen LogP contribution in [0.4, 0.5) is 18.9 Å². The number of anilines is 1. The summed E-state index contributed by atoms with van der Waals surface area (Å²) in [7, 11) is 1.57. The van der Waals surface area contributed by atoms with Gasteiger partial charge in [0.15, 0.2) is 11.5 Å². The number of para-hydroxylation sites is 1. The highest BCUT2D eigenvalue weighted by Gasteiger charge is 2.70. The molecule has 12 heteroatoms. The number of carbonyl (C=O) groups is 2. The molecule has 1 N–H and O–H groups in total. The average molecular weight is 679 g/mol. The lowest BCUT2D eigenvalue weighted by atomic mass is 9.68. The number of halogens is 3. The molecule has 8 rings (SSSR count). The van der Waals surface area contributed by atoms with Crippen LogP contribution in [0.3, 0.4) is 0 Å². The lowest BCUT2D eigenvalue weighted by Crippen LogP contribution is -2.42. The van der Waals surface area contributed by atoms with Crippen molar-refractivity contribution in [2.24, 2.45) is 29.6 Å². The highest BCUT2D eigenvalue weighted by Crippen LogP contribution is 2.69. The fourth-order valence-electron chi connectivity index (χ4n) is 8.38. The molecular formula is C35H29F3N2O5S2. The molecule has 1 aromatic heterocycles. The molecule has 3 fully saturated rings. The molecule has 7 nitrogen and oxygen atoms in total. The van der Waals surface area contributed by atoms with Gasteiger partial charge in [0.05, 0.1) is 35.2 Å². The van der Waals surface area contributed by atoms with E-state index in [4.69, 9.17) is 9.47 Å². The van der Waals surface area contributed by atoms with Gasteiger partial charge >= 0.3 is 11.0 Å². The first-order valence-corrected chi connectivity index (χ1v) is 17.0. The van der Waals surface area contributed by atoms with Crippen molar-refractivity contribution in [3.63, 3.8) is 0 Å². The fourth-order valence-corrected chi connectivity index (χ4v) is 11.3. The second-order valence-electron chi connectivity index (χ2n) is 12.7. The van der Waals surface area contributed by atoms with Gasteiger partial charge in [-0.2, -0.15) is 13.2 Å². The molecule has 4 aliphatic rings. The quantitative estimate of drug-likeness (QED) is 0.221. The second-order valence-corrected chi connectivity index (χ2v) is 14.9. The van der Waals surface area contributed by atoms with Crippen LogP contribution < -0.4 is 19.2 Å². The molecule has 2 aliphatic heterocycles. The van der Waals surface area contributed by atoms with Crippen molar-refractivity contribution in [3.8, 4) is 11.5 Å². The summed E-state index contributed by atoms with van der Waals surface area (Å²) >= 11 is 2.66. The summed E-state index contributed by atoms with van der Waals surface area (Å²) in [6.07, 6.45) is -4.10. The number of H-pyrrole nitrogens is 1. The maximum atomic E-state index is 14.0. The number of imide groups is 1. The zero-order chi connectivity index (χ0) is 32.8. The van der Waals surface area contributed by atoms with Crippen molar-refractivity contribution < 1.29 is 32.2 Å². The number of carbonyl (C=O) groups excluding carboxylic acids is 2. The Morgan fingerprint density at radius 3 is 2.38 bits per heavy atom. The van der Waals surface area contributed by atoms with Crippen molar-refractivity contribution in [1.29, 1.82) is 0 Å². The second kappa shape index (κ2) is 11.0. The number of hydrogen-bond donors (Lipinski definition) is 1. The molecule has 0 spiro atoms. The third kappa shape index (κ3) is 4.74. The van der Waals surface area contributed by atoms with Crippen LogP contribution in [0.25, 0.3) is 0 Å². The van der Waals surface area contributed by atoms with E-state index < -0.39 is 41.1 Å².